The average Bonchev–Trinajstić information content (AvgIpc) is 2.71. The molecule has 0 spiro atoms. The fraction of sp³-hybridized carbons (Fsp3) is 0.545. The second-order valence-electron chi connectivity index (χ2n) is 4.19. The zero-order chi connectivity index (χ0) is 10.9. The highest BCUT2D eigenvalue weighted by atomic mass is 19.1. The van der Waals surface area contributed by atoms with E-state index in [1.54, 1.807) is 6.92 Å². The first kappa shape index (κ1) is 10.5. The Morgan fingerprint density at radius 1 is 1.60 bits per heavy atom. The lowest BCUT2D eigenvalue weighted by atomic mass is 9.88. The number of halogens is 1. The monoisotopic (exact) mass is 210 g/mol. The summed E-state index contributed by atoms with van der Waals surface area (Å²) in [5.74, 6) is -0.411. The molecule has 0 saturated carbocycles. The van der Waals surface area contributed by atoms with Crippen LogP contribution >= 0.6 is 0 Å². The first-order valence-electron chi connectivity index (χ1n) is 5.17. The molecule has 1 aromatic heterocycles. The number of pyridine rings is 1. The van der Waals surface area contributed by atoms with E-state index in [9.17, 15) is 9.50 Å². The van der Waals surface area contributed by atoms with Gasteiger partial charge in [-0.05, 0) is 32.4 Å². The lowest BCUT2D eigenvalue weighted by Crippen LogP contribution is -2.43. The Balaban J connectivity index is 2.27. The van der Waals surface area contributed by atoms with Gasteiger partial charge in [-0.15, -0.1) is 0 Å². The van der Waals surface area contributed by atoms with Gasteiger partial charge in [-0.1, -0.05) is 0 Å². The summed E-state index contributed by atoms with van der Waals surface area (Å²) in [5.41, 5.74) is -0.520. The van der Waals surface area contributed by atoms with Crippen molar-refractivity contribution in [2.45, 2.75) is 31.4 Å². The van der Waals surface area contributed by atoms with Crippen molar-refractivity contribution in [3.8, 4) is 0 Å². The maximum absolute atomic E-state index is 13.0. The first-order chi connectivity index (χ1) is 7.10. The maximum atomic E-state index is 13.0. The number of aromatic nitrogens is 1. The number of hydrogen-bond donors (Lipinski definition) is 2. The van der Waals surface area contributed by atoms with Gasteiger partial charge in [0.05, 0.1) is 6.20 Å². The first-order valence-corrected chi connectivity index (χ1v) is 5.17. The van der Waals surface area contributed by atoms with Crippen molar-refractivity contribution in [3.63, 3.8) is 0 Å². The van der Waals surface area contributed by atoms with E-state index in [4.69, 9.17) is 0 Å². The van der Waals surface area contributed by atoms with E-state index in [-0.39, 0.29) is 6.04 Å². The molecule has 1 fully saturated rings. The van der Waals surface area contributed by atoms with Crippen LogP contribution in [-0.4, -0.2) is 22.7 Å². The van der Waals surface area contributed by atoms with Gasteiger partial charge in [0.25, 0.3) is 0 Å². The molecule has 2 rings (SSSR count). The Hall–Kier alpha value is -1.00. The van der Waals surface area contributed by atoms with Crippen molar-refractivity contribution in [3.05, 3.63) is 29.8 Å². The topological polar surface area (TPSA) is 45.2 Å². The van der Waals surface area contributed by atoms with Crippen molar-refractivity contribution < 1.29 is 9.50 Å². The Bertz CT molecular complexity index is 348. The van der Waals surface area contributed by atoms with Crippen LogP contribution in [0.5, 0.6) is 0 Å². The van der Waals surface area contributed by atoms with E-state index < -0.39 is 11.4 Å². The summed E-state index contributed by atoms with van der Waals surface area (Å²) < 4.78 is 13.0. The van der Waals surface area contributed by atoms with E-state index in [0.29, 0.717) is 5.56 Å². The smallest absolute Gasteiger partial charge is 0.141 e. The molecule has 0 amide bonds. The Morgan fingerprint density at radius 2 is 2.40 bits per heavy atom. The van der Waals surface area contributed by atoms with Crippen LogP contribution in [0.3, 0.4) is 0 Å². The molecule has 15 heavy (non-hydrogen) atoms. The molecule has 2 unspecified atom stereocenters. The molecule has 3 nitrogen and oxygen atoms in total. The quantitative estimate of drug-likeness (QED) is 0.770. The Labute approximate surface area is 88.3 Å². The SMILES string of the molecule is CC(O)(c1cncc(F)c1)C1CCCN1. The summed E-state index contributed by atoms with van der Waals surface area (Å²) in [6.07, 6.45) is 4.61. The second-order valence-corrected chi connectivity index (χ2v) is 4.19. The van der Waals surface area contributed by atoms with Crippen molar-refractivity contribution in [2.24, 2.45) is 0 Å². The maximum Gasteiger partial charge on any atom is 0.141 e. The van der Waals surface area contributed by atoms with Gasteiger partial charge >= 0.3 is 0 Å². The summed E-state index contributed by atoms with van der Waals surface area (Å²) >= 11 is 0. The largest absolute Gasteiger partial charge is 0.384 e. The Kier molecular flexibility index (Phi) is 2.71. The van der Waals surface area contributed by atoms with Gasteiger partial charge in [0.2, 0.25) is 0 Å². The molecule has 1 aromatic rings. The van der Waals surface area contributed by atoms with Gasteiger partial charge in [-0.2, -0.15) is 0 Å². The molecular formula is C11H15FN2O. The van der Waals surface area contributed by atoms with E-state index in [0.717, 1.165) is 25.6 Å². The number of nitrogens with one attached hydrogen (secondary N) is 1. The highest BCUT2D eigenvalue weighted by molar-refractivity contribution is 5.21. The van der Waals surface area contributed by atoms with Crippen molar-refractivity contribution in [1.29, 1.82) is 0 Å². The van der Waals surface area contributed by atoms with E-state index in [2.05, 4.69) is 10.3 Å². The predicted octanol–water partition coefficient (Wildman–Crippen LogP) is 1.18. The van der Waals surface area contributed by atoms with Crippen LogP contribution in [0.2, 0.25) is 0 Å². The van der Waals surface area contributed by atoms with Crippen LogP contribution in [0.4, 0.5) is 4.39 Å². The molecule has 82 valence electrons. The van der Waals surface area contributed by atoms with Crippen molar-refractivity contribution in [2.75, 3.05) is 6.54 Å². The zero-order valence-electron chi connectivity index (χ0n) is 8.70. The third-order valence-electron chi connectivity index (χ3n) is 3.03. The summed E-state index contributed by atoms with van der Waals surface area (Å²) in [7, 11) is 0. The van der Waals surface area contributed by atoms with Crippen LogP contribution in [0.15, 0.2) is 18.5 Å². The number of rotatable bonds is 2. The summed E-state index contributed by atoms with van der Waals surface area (Å²) in [6.45, 7) is 2.61. The summed E-state index contributed by atoms with van der Waals surface area (Å²) in [4.78, 5) is 3.76. The van der Waals surface area contributed by atoms with Crippen LogP contribution in [-0.2, 0) is 5.60 Å². The standard InChI is InChI=1S/C11H15FN2O/c1-11(15,10-3-2-4-14-10)8-5-9(12)7-13-6-8/h5-7,10,14-15H,2-4H2,1H3. The molecular weight excluding hydrogens is 195 g/mol. The third kappa shape index (κ3) is 2.01. The van der Waals surface area contributed by atoms with Crippen LogP contribution < -0.4 is 5.32 Å². The minimum Gasteiger partial charge on any atom is -0.384 e. The number of hydrogen-bond acceptors (Lipinski definition) is 3. The summed E-state index contributed by atoms with van der Waals surface area (Å²) in [5, 5.41) is 13.6. The molecule has 0 radical (unpaired) electrons. The highest BCUT2D eigenvalue weighted by Gasteiger charge is 2.35. The molecule has 2 heterocycles. The van der Waals surface area contributed by atoms with Gasteiger partial charge in [0.15, 0.2) is 0 Å². The van der Waals surface area contributed by atoms with Crippen molar-refractivity contribution >= 4 is 0 Å². The molecule has 0 aromatic carbocycles. The zero-order valence-corrected chi connectivity index (χ0v) is 8.70. The minimum absolute atomic E-state index is 0.0129. The molecule has 1 saturated heterocycles. The molecule has 0 aliphatic carbocycles. The van der Waals surface area contributed by atoms with Gasteiger partial charge in [-0.25, -0.2) is 4.39 Å². The molecule has 1 aliphatic heterocycles. The Morgan fingerprint density at radius 3 is 3.00 bits per heavy atom. The van der Waals surface area contributed by atoms with Crippen LogP contribution in [0, 0.1) is 5.82 Å². The molecule has 4 heteroatoms. The lowest BCUT2D eigenvalue weighted by molar-refractivity contribution is 0.0212. The van der Waals surface area contributed by atoms with Gasteiger partial charge in [-0.3, -0.25) is 4.98 Å². The lowest BCUT2D eigenvalue weighted by Gasteiger charge is -2.30. The predicted molar refractivity (Wildman–Crippen MR) is 54.8 cm³/mol. The van der Waals surface area contributed by atoms with E-state index >= 15 is 0 Å². The fourth-order valence-corrected chi connectivity index (χ4v) is 2.05. The number of nitrogens with zero attached hydrogens (tertiary/aromatic N) is 1. The normalized spacial score (nSPS) is 25.1. The van der Waals surface area contributed by atoms with Gasteiger partial charge in [0, 0.05) is 17.8 Å². The summed E-state index contributed by atoms with van der Waals surface area (Å²) in [6, 6.07) is 1.33. The highest BCUT2D eigenvalue weighted by Crippen LogP contribution is 2.29. The van der Waals surface area contributed by atoms with E-state index in [1.807, 2.05) is 0 Å². The van der Waals surface area contributed by atoms with Crippen LogP contribution in [0.25, 0.3) is 0 Å². The fourth-order valence-electron chi connectivity index (χ4n) is 2.05. The minimum atomic E-state index is -1.05. The average molecular weight is 210 g/mol. The molecule has 0 bridgehead atoms. The van der Waals surface area contributed by atoms with Gasteiger partial charge < -0.3 is 10.4 Å². The molecule has 2 atom stereocenters. The van der Waals surface area contributed by atoms with Gasteiger partial charge in [0.1, 0.15) is 11.4 Å². The van der Waals surface area contributed by atoms with Crippen molar-refractivity contribution in [1.82, 2.24) is 10.3 Å². The molecule has 1 aliphatic rings. The number of aliphatic hydroxyl groups is 1. The molecule has 2 N–H and O–H groups in total. The van der Waals surface area contributed by atoms with E-state index in [1.165, 1.54) is 12.3 Å². The third-order valence-corrected chi connectivity index (χ3v) is 3.03. The second kappa shape index (κ2) is 3.87. The van der Waals surface area contributed by atoms with Crippen LogP contribution in [0.1, 0.15) is 25.3 Å².